The lowest BCUT2D eigenvalue weighted by Gasteiger charge is -2.41. The van der Waals surface area contributed by atoms with Crippen LogP contribution in [0.2, 0.25) is 0 Å². The highest BCUT2D eigenvalue weighted by Gasteiger charge is 2.35. The Labute approximate surface area is 171 Å². The number of pyridine rings is 1. The molecule has 1 aliphatic rings. The standard InChI is InChI=1S/C22H27N3O4/c1-22(2,3)29-21(27)24-12-13-25(20(26)17-8-5-4-6-9-17)18(15-24)16-28-19-10-7-11-23-14-19/h4-11,14,18H,12-13,15-16H2,1-3H3. The number of carbonyl (C=O) groups excluding carboxylic acids is 2. The second kappa shape index (κ2) is 8.94. The van der Waals surface area contributed by atoms with Crippen molar-refractivity contribution >= 4 is 12.0 Å². The minimum atomic E-state index is -0.574. The fourth-order valence-electron chi connectivity index (χ4n) is 3.13. The number of hydrogen-bond acceptors (Lipinski definition) is 5. The van der Waals surface area contributed by atoms with Crippen LogP contribution in [0.3, 0.4) is 0 Å². The van der Waals surface area contributed by atoms with Crippen LogP contribution in [0.5, 0.6) is 5.75 Å². The van der Waals surface area contributed by atoms with Crippen molar-refractivity contribution in [1.82, 2.24) is 14.8 Å². The van der Waals surface area contributed by atoms with Crippen molar-refractivity contribution in [3.05, 3.63) is 60.4 Å². The van der Waals surface area contributed by atoms with Gasteiger partial charge in [0.1, 0.15) is 18.0 Å². The molecule has 0 saturated carbocycles. The third-order valence-electron chi connectivity index (χ3n) is 4.49. The second-order valence-electron chi connectivity index (χ2n) is 7.94. The van der Waals surface area contributed by atoms with E-state index >= 15 is 0 Å². The average molecular weight is 397 g/mol. The molecule has 1 saturated heterocycles. The third-order valence-corrected chi connectivity index (χ3v) is 4.49. The maximum Gasteiger partial charge on any atom is 0.410 e. The average Bonchev–Trinajstić information content (AvgIpc) is 2.71. The van der Waals surface area contributed by atoms with Gasteiger partial charge in [0.15, 0.2) is 0 Å². The van der Waals surface area contributed by atoms with Crippen molar-refractivity contribution in [3.8, 4) is 5.75 Å². The topological polar surface area (TPSA) is 72.0 Å². The third kappa shape index (κ3) is 5.70. The van der Waals surface area contributed by atoms with Gasteiger partial charge in [-0.25, -0.2) is 4.79 Å². The summed E-state index contributed by atoms with van der Waals surface area (Å²) in [5.41, 5.74) is 0.0417. The van der Waals surface area contributed by atoms with Gasteiger partial charge in [0.25, 0.3) is 5.91 Å². The molecule has 7 heteroatoms. The Morgan fingerprint density at radius 2 is 1.86 bits per heavy atom. The highest BCUT2D eigenvalue weighted by Crippen LogP contribution is 2.19. The minimum Gasteiger partial charge on any atom is -0.490 e. The van der Waals surface area contributed by atoms with Crippen molar-refractivity contribution in [2.45, 2.75) is 32.4 Å². The van der Waals surface area contributed by atoms with Crippen LogP contribution in [-0.4, -0.2) is 64.7 Å². The van der Waals surface area contributed by atoms with Crippen molar-refractivity contribution in [2.75, 3.05) is 26.2 Å². The van der Waals surface area contributed by atoms with Gasteiger partial charge >= 0.3 is 6.09 Å². The van der Waals surface area contributed by atoms with E-state index in [0.29, 0.717) is 30.9 Å². The summed E-state index contributed by atoms with van der Waals surface area (Å²) in [6.07, 6.45) is 2.91. The van der Waals surface area contributed by atoms with E-state index in [9.17, 15) is 9.59 Å². The van der Waals surface area contributed by atoms with Crippen LogP contribution >= 0.6 is 0 Å². The number of ether oxygens (including phenoxy) is 2. The van der Waals surface area contributed by atoms with Gasteiger partial charge in [-0.1, -0.05) is 18.2 Å². The molecule has 7 nitrogen and oxygen atoms in total. The summed E-state index contributed by atoms with van der Waals surface area (Å²) in [7, 11) is 0. The van der Waals surface area contributed by atoms with Crippen molar-refractivity contribution in [1.29, 1.82) is 0 Å². The highest BCUT2D eigenvalue weighted by atomic mass is 16.6. The fourth-order valence-corrected chi connectivity index (χ4v) is 3.13. The SMILES string of the molecule is CC(C)(C)OC(=O)N1CCN(C(=O)c2ccccc2)C(COc2cccnc2)C1. The molecule has 29 heavy (non-hydrogen) atoms. The lowest BCUT2D eigenvalue weighted by Crippen LogP contribution is -2.59. The van der Waals surface area contributed by atoms with Crippen LogP contribution in [0, 0.1) is 0 Å². The Balaban J connectivity index is 1.74. The summed E-state index contributed by atoms with van der Waals surface area (Å²) < 4.78 is 11.4. The normalized spacial score (nSPS) is 17.0. The molecule has 2 heterocycles. The molecule has 1 aromatic heterocycles. The molecule has 0 N–H and O–H groups in total. The van der Waals surface area contributed by atoms with E-state index in [1.807, 2.05) is 45.0 Å². The molecule has 0 spiro atoms. The van der Waals surface area contributed by atoms with Crippen LogP contribution in [0.15, 0.2) is 54.9 Å². The molecule has 0 aliphatic carbocycles. The maximum absolute atomic E-state index is 13.1. The summed E-state index contributed by atoms with van der Waals surface area (Å²) in [5, 5.41) is 0. The molecule has 2 aromatic rings. The number of hydrogen-bond donors (Lipinski definition) is 0. The smallest absolute Gasteiger partial charge is 0.410 e. The van der Waals surface area contributed by atoms with E-state index in [-0.39, 0.29) is 24.6 Å². The number of aromatic nitrogens is 1. The molecule has 0 bridgehead atoms. The van der Waals surface area contributed by atoms with E-state index in [4.69, 9.17) is 9.47 Å². The first-order valence-corrected chi connectivity index (χ1v) is 9.70. The van der Waals surface area contributed by atoms with Gasteiger partial charge in [0, 0.05) is 31.4 Å². The first-order chi connectivity index (χ1) is 13.8. The summed E-state index contributed by atoms with van der Waals surface area (Å²) in [6, 6.07) is 12.4. The number of nitrogens with zero attached hydrogens (tertiary/aromatic N) is 3. The first kappa shape index (κ1) is 20.6. The van der Waals surface area contributed by atoms with E-state index in [2.05, 4.69) is 4.98 Å². The number of benzene rings is 1. The molecule has 1 aromatic carbocycles. The van der Waals surface area contributed by atoms with E-state index < -0.39 is 5.60 Å². The number of piperazine rings is 1. The summed E-state index contributed by atoms with van der Waals surface area (Å²) in [5.74, 6) is 0.545. The van der Waals surface area contributed by atoms with Crippen LogP contribution < -0.4 is 4.74 Å². The van der Waals surface area contributed by atoms with Crippen LogP contribution in [0.1, 0.15) is 31.1 Å². The molecule has 1 atom stereocenters. The van der Waals surface area contributed by atoms with Gasteiger partial charge < -0.3 is 19.3 Å². The Kier molecular flexibility index (Phi) is 6.36. The Morgan fingerprint density at radius 1 is 1.10 bits per heavy atom. The maximum atomic E-state index is 13.1. The predicted octanol–water partition coefficient (Wildman–Crippen LogP) is 3.22. The summed E-state index contributed by atoms with van der Waals surface area (Å²) in [6.45, 7) is 6.93. The minimum absolute atomic E-state index is 0.0748. The number of amides is 2. The molecule has 0 radical (unpaired) electrons. The van der Waals surface area contributed by atoms with E-state index in [1.165, 1.54) is 0 Å². The van der Waals surface area contributed by atoms with Crippen molar-refractivity contribution < 1.29 is 19.1 Å². The lowest BCUT2D eigenvalue weighted by atomic mass is 10.1. The molecular formula is C22H27N3O4. The Bertz CT molecular complexity index is 821. The monoisotopic (exact) mass is 397 g/mol. The highest BCUT2D eigenvalue weighted by molar-refractivity contribution is 5.94. The molecule has 1 unspecified atom stereocenters. The van der Waals surface area contributed by atoms with Gasteiger partial charge in [-0.2, -0.15) is 0 Å². The van der Waals surface area contributed by atoms with Crippen molar-refractivity contribution in [2.24, 2.45) is 0 Å². The zero-order chi connectivity index (χ0) is 20.9. The van der Waals surface area contributed by atoms with Gasteiger partial charge in [0.2, 0.25) is 0 Å². The fraction of sp³-hybridized carbons (Fsp3) is 0.409. The van der Waals surface area contributed by atoms with E-state index in [0.717, 1.165) is 0 Å². The molecule has 3 rings (SSSR count). The van der Waals surface area contributed by atoms with Gasteiger partial charge in [0.05, 0.1) is 12.2 Å². The van der Waals surface area contributed by atoms with E-state index in [1.54, 1.807) is 40.4 Å². The lowest BCUT2D eigenvalue weighted by molar-refractivity contribution is -0.000947. The molecule has 154 valence electrons. The molecular weight excluding hydrogens is 370 g/mol. The number of rotatable bonds is 4. The van der Waals surface area contributed by atoms with Crippen LogP contribution in [0.4, 0.5) is 4.79 Å². The van der Waals surface area contributed by atoms with Gasteiger partial charge in [-0.3, -0.25) is 9.78 Å². The molecule has 2 amide bonds. The van der Waals surface area contributed by atoms with Crippen LogP contribution in [0.25, 0.3) is 0 Å². The summed E-state index contributed by atoms with van der Waals surface area (Å²) in [4.78, 5) is 33.0. The quantitative estimate of drug-likeness (QED) is 0.792. The molecule has 1 fully saturated rings. The predicted molar refractivity (Wildman–Crippen MR) is 109 cm³/mol. The Hall–Kier alpha value is -3.09. The zero-order valence-corrected chi connectivity index (χ0v) is 17.1. The molecule has 1 aliphatic heterocycles. The van der Waals surface area contributed by atoms with Gasteiger partial charge in [-0.15, -0.1) is 0 Å². The Morgan fingerprint density at radius 3 is 2.52 bits per heavy atom. The van der Waals surface area contributed by atoms with Gasteiger partial charge in [-0.05, 0) is 45.0 Å². The summed E-state index contributed by atoms with van der Waals surface area (Å²) >= 11 is 0. The zero-order valence-electron chi connectivity index (χ0n) is 17.1. The second-order valence-corrected chi connectivity index (χ2v) is 7.94. The largest absolute Gasteiger partial charge is 0.490 e. The van der Waals surface area contributed by atoms with Crippen LogP contribution in [-0.2, 0) is 4.74 Å². The first-order valence-electron chi connectivity index (χ1n) is 9.70. The number of carbonyl (C=O) groups is 2. The van der Waals surface area contributed by atoms with Crippen molar-refractivity contribution in [3.63, 3.8) is 0 Å².